The number of anilines is 1. The highest BCUT2D eigenvalue weighted by Crippen LogP contribution is 2.49. The summed E-state index contributed by atoms with van der Waals surface area (Å²) < 4.78 is 56.0. The maximum Gasteiger partial charge on any atom is 0.259 e. The molecule has 4 aliphatic rings. The van der Waals surface area contributed by atoms with Crippen molar-refractivity contribution in [3.05, 3.63) is 77.3 Å². The first kappa shape index (κ1) is 39.8. The molecule has 17 heteroatoms. The van der Waals surface area contributed by atoms with Crippen LogP contribution in [0.2, 0.25) is 0 Å². The van der Waals surface area contributed by atoms with Gasteiger partial charge in [0.25, 0.3) is 5.91 Å². The first-order valence-corrected chi connectivity index (χ1v) is 22.0. The van der Waals surface area contributed by atoms with Crippen molar-refractivity contribution in [3.8, 4) is 22.5 Å². The molecule has 0 spiro atoms. The maximum absolute atomic E-state index is 14.9. The van der Waals surface area contributed by atoms with Crippen LogP contribution in [-0.2, 0) is 30.8 Å². The van der Waals surface area contributed by atoms with Crippen LogP contribution in [0.25, 0.3) is 28.6 Å². The van der Waals surface area contributed by atoms with E-state index >= 15 is 0 Å². The van der Waals surface area contributed by atoms with Crippen molar-refractivity contribution in [1.82, 2.24) is 34.9 Å². The first-order valence-electron chi connectivity index (χ1n) is 19.6. The SMILES string of the molecule is CC(C)(C)[C@@H]1Nc2nc(cs2)CCC/C=C/c2cccc(c2)-c2nn(nc2-c2ccccc2)[C@@H]2C[C@@H](C(=O)N[C@]3(C(=O)NS(=O)(=O)C4CC4)C[C@H]3C(F)F)N(C2)C1=O. The molecule has 4 heterocycles. The fraction of sp³-hybridized carbons (Fsp3) is 0.463. The monoisotopic (exact) mass is 832 g/mol. The average molecular weight is 833 g/mol. The summed E-state index contributed by atoms with van der Waals surface area (Å²) in [6, 6.07) is 14.7. The van der Waals surface area contributed by atoms with Crippen molar-refractivity contribution < 1.29 is 31.6 Å². The molecule has 1 saturated heterocycles. The summed E-state index contributed by atoms with van der Waals surface area (Å²) in [5.41, 5.74) is 1.82. The first-order chi connectivity index (χ1) is 27.6. The van der Waals surface area contributed by atoms with E-state index in [0.717, 1.165) is 41.6 Å². The van der Waals surface area contributed by atoms with Crippen LogP contribution in [0.5, 0.6) is 0 Å². The number of fused-ring (bicyclic) bond motifs is 10. The minimum absolute atomic E-state index is 0.0155. The Kier molecular flexibility index (Phi) is 10.5. The van der Waals surface area contributed by atoms with E-state index in [4.69, 9.17) is 15.2 Å². The Bertz CT molecular complexity index is 2360. The Hall–Kier alpha value is -5.03. The van der Waals surface area contributed by atoms with Gasteiger partial charge in [0.05, 0.1) is 22.9 Å². The number of thiazole rings is 1. The van der Waals surface area contributed by atoms with E-state index in [1.165, 1.54) is 21.0 Å². The largest absolute Gasteiger partial charge is 0.349 e. The second-order valence-electron chi connectivity index (χ2n) is 16.8. The van der Waals surface area contributed by atoms with Crippen molar-refractivity contribution in [2.75, 3.05) is 11.9 Å². The molecule has 2 aliphatic heterocycles. The van der Waals surface area contributed by atoms with Gasteiger partial charge in [-0.3, -0.25) is 19.1 Å². The quantitative estimate of drug-likeness (QED) is 0.208. The van der Waals surface area contributed by atoms with Gasteiger partial charge in [-0.2, -0.15) is 15.0 Å². The molecule has 4 aromatic rings. The lowest BCUT2D eigenvalue weighted by Gasteiger charge is -2.35. The molecule has 2 aliphatic carbocycles. The number of aryl methyl sites for hydroxylation is 1. The number of alkyl halides is 2. The molecule has 2 aromatic carbocycles. The lowest BCUT2D eigenvalue weighted by atomic mass is 9.85. The van der Waals surface area contributed by atoms with Crippen LogP contribution in [0.4, 0.5) is 13.9 Å². The fourth-order valence-corrected chi connectivity index (χ4v) is 9.96. The smallest absolute Gasteiger partial charge is 0.259 e. The summed E-state index contributed by atoms with van der Waals surface area (Å²) in [5.74, 6) is -4.10. The number of amides is 3. The third kappa shape index (κ3) is 8.02. The highest BCUT2D eigenvalue weighted by molar-refractivity contribution is 7.91. The van der Waals surface area contributed by atoms with Crippen molar-refractivity contribution in [2.24, 2.45) is 11.3 Å². The highest BCUT2D eigenvalue weighted by atomic mass is 32.2. The average Bonchev–Trinajstić information content (AvgIpc) is 4.01. The minimum atomic E-state index is -4.11. The van der Waals surface area contributed by atoms with Crippen molar-refractivity contribution in [3.63, 3.8) is 0 Å². The van der Waals surface area contributed by atoms with Gasteiger partial charge in [0, 0.05) is 29.5 Å². The molecular formula is C41H46F2N8O5S2. The summed E-state index contributed by atoms with van der Waals surface area (Å²) in [5, 5.41) is 17.5. The fourth-order valence-electron chi connectivity index (χ4n) is 7.82. The van der Waals surface area contributed by atoms with Crippen LogP contribution in [0.3, 0.4) is 0 Å². The number of nitrogens with zero attached hydrogens (tertiary/aromatic N) is 5. The zero-order chi connectivity index (χ0) is 41.0. The summed E-state index contributed by atoms with van der Waals surface area (Å²) in [6.07, 6.45) is 3.85. The number of nitrogens with one attached hydrogen (secondary N) is 3. The molecule has 3 fully saturated rings. The van der Waals surface area contributed by atoms with Gasteiger partial charge in [-0.05, 0) is 55.6 Å². The maximum atomic E-state index is 14.9. The Morgan fingerprint density at radius 3 is 2.45 bits per heavy atom. The van der Waals surface area contributed by atoms with E-state index in [1.807, 2.05) is 85.5 Å². The molecule has 306 valence electrons. The summed E-state index contributed by atoms with van der Waals surface area (Å²) >= 11 is 1.38. The number of halogens is 2. The van der Waals surface area contributed by atoms with Crippen LogP contribution in [0, 0.1) is 11.3 Å². The molecule has 0 unspecified atom stereocenters. The zero-order valence-corrected chi connectivity index (χ0v) is 34.0. The van der Waals surface area contributed by atoms with Crippen LogP contribution in [-0.4, -0.2) is 86.9 Å². The molecule has 2 saturated carbocycles. The molecular weight excluding hydrogens is 787 g/mol. The van der Waals surface area contributed by atoms with Crippen LogP contribution < -0.4 is 15.4 Å². The molecule has 8 rings (SSSR count). The Labute approximate surface area is 339 Å². The van der Waals surface area contributed by atoms with Gasteiger partial charge in [0.1, 0.15) is 29.0 Å². The molecule has 5 atom stereocenters. The predicted octanol–water partition coefficient (Wildman–Crippen LogP) is 5.84. The van der Waals surface area contributed by atoms with E-state index < -0.39 is 80.8 Å². The van der Waals surface area contributed by atoms with E-state index in [9.17, 15) is 31.6 Å². The summed E-state index contributed by atoms with van der Waals surface area (Å²) in [7, 11) is -4.11. The Balaban J connectivity index is 1.20. The molecule has 3 N–H and O–H groups in total. The number of carbonyl (C=O) groups is 3. The lowest BCUT2D eigenvalue weighted by molar-refractivity contribution is -0.141. The number of aromatic nitrogens is 4. The zero-order valence-electron chi connectivity index (χ0n) is 32.4. The van der Waals surface area contributed by atoms with E-state index in [-0.39, 0.29) is 13.0 Å². The van der Waals surface area contributed by atoms with Gasteiger partial charge < -0.3 is 15.5 Å². The van der Waals surface area contributed by atoms with Crippen molar-refractivity contribution in [1.29, 1.82) is 0 Å². The van der Waals surface area contributed by atoms with Gasteiger partial charge in [-0.1, -0.05) is 81.5 Å². The molecule has 0 radical (unpaired) electrons. The second kappa shape index (κ2) is 15.3. The van der Waals surface area contributed by atoms with Gasteiger partial charge in [-0.15, -0.1) is 11.3 Å². The highest BCUT2D eigenvalue weighted by Gasteiger charge is 2.67. The third-order valence-corrected chi connectivity index (χ3v) is 14.0. The van der Waals surface area contributed by atoms with Gasteiger partial charge >= 0.3 is 0 Å². The summed E-state index contributed by atoms with van der Waals surface area (Å²) in [4.78, 5) is 50.6. The molecule has 13 nitrogen and oxygen atoms in total. The number of hydrogen-bond acceptors (Lipinski definition) is 10. The normalized spacial score (nSPS) is 25.5. The summed E-state index contributed by atoms with van der Waals surface area (Å²) in [6.45, 7) is 5.66. The number of allylic oxidation sites excluding steroid dienone is 1. The van der Waals surface area contributed by atoms with Crippen LogP contribution >= 0.6 is 11.3 Å². The number of carbonyl (C=O) groups excluding carboxylic acids is 3. The molecule has 3 amide bonds. The van der Waals surface area contributed by atoms with Crippen LogP contribution in [0.15, 0.2) is 66.1 Å². The van der Waals surface area contributed by atoms with Gasteiger partial charge in [0.2, 0.25) is 28.3 Å². The van der Waals surface area contributed by atoms with Crippen molar-refractivity contribution >= 4 is 50.3 Å². The minimum Gasteiger partial charge on any atom is -0.349 e. The number of rotatable bonds is 7. The third-order valence-electron chi connectivity index (χ3n) is 11.3. The van der Waals surface area contributed by atoms with E-state index in [1.54, 1.807) is 0 Å². The Morgan fingerprint density at radius 2 is 1.76 bits per heavy atom. The number of benzene rings is 2. The van der Waals surface area contributed by atoms with Crippen LogP contribution in [0.1, 0.15) is 76.6 Å². The van der Waals surface area contributed by atoms with Gasteiger partial charge in [-0.25, -0.2) is 22.2 Å². The predicted molar refractivity (Wildman–Crippen MR) is 216 cm³/mol. The lowest BCUT2D eigenvalue weighted by Crippen LogP contribution is -2.59. The standard InChI is InChI=1S/C41H46F2N8O5S2/c1-40(2,3)34-37(53)50-22-28(20-31(50)36(52)46-41(21-30(41)35(42)43)38(54)49-58(55,56)29-17-18-29)51-47-32(25-13-7-5-8-14-25)33(48-51)26-15-10-12-24(19-26)11-6-4-9-16-27-23-57-39(44-27)45-34/h5-8,10-15,19,23,28-31,34-35H,4,9,16-18,20-22H2,1-3H3,(H,44,45)(H,46,52)(H,49,54)/b11-6+/t28-,30+,31+,34-,41-/m1/s1. The van der Waals surface area contributed by atoms with E-state index in [0.29, 0.717) is 29.4 Å². The van der Waals surface area contributed by atoms with E-state index in [2.05, 4.69) is 22.8 Å². The molecule has 2 aromatic heterocycles. The molecule has 58 heavy (non-hydrogen) atoms. The Morgan fingerprint density at radius 1 is 1.03 bits per heavy atom. The topological polar surface area (TPSA) is 168 Å². The van der Waals surface area contributed by atoms with Crippen molar-refractivity contribution in [2.45, 2.75) is 101 Å². The number of hydrogen-bond donors (Lipinski definition) is 3. The second-order valence-corrected chi connectivity index (χ2v) is 19.6. The number of sulfonamides is 1. The van der Waals surface area contributed by atoms with Gasteiger partial charge in [0.15, 0.2) is 5.13 Å². The molecule has 8 bridgehead atoms.